The summed E-state index contributed by atoms with van der Waals surface area (Å²) in [5, 5.41) is 7.12. The van der Waals surface area contributed by atoms with E-state index in [4.69, 9.17) is 4.52 Å². The summed E-state index contributed by atoms with van der Waals surface area (Å²) in [6.07, 6.45) is 5.69. The molecule has 26 heavy (non-hydrogen) atoms. The van der Waals surface area contributed by atoms with Gasteiger partial charge >= 0.3 is 0 Å². The molecule has 0 radical (unpaired) electrons. The average Bonchev–Trinajstić information content (AvgIpc) is 3.37. The summed E-state index contributed by atoms with van der Waals surface area (Å²) in [5.41, 5.74) is 0.850. The highest BCUT2D eigenvalue weighted by molar-refractivity contribution is 5.81. The Morgan fingerprint density at radius 1 is 1.35 bits per heavy atom. The Kier molecular flexibility index (Phi) is 4.94. The standard InChI is InChI=1S/C18H24N6O2/c1-13(18(25)20-15-4-5-15)24-9-7-23(8-10-24)12-16-21-17(22-26-16)14-3-2-6-19-11-14/h2-3,6,11,13,15H,4-5,7-10,12H2,1H3,(H,20,25). The molecular formula is C18H24N6O2. The van der Waals surface area contributed by atoms with Gasteiger partial charge in [0, 0.05) is 50.2 Å². The van der Waals surface area contributed by atoms with Crippen LogP contribution in [-0.4, -0.2) is 69.1 Å². The van der Waals surface area contributed by atoms with Crippen molar-refractivity contribution in [2.75, 3.05) is 26.2 Å². The summed E-state index contributed by atoms with van der Waals surface area (Å²) in [7, 11) is 0. The average molecular weight is 356 g/mol. The molecule has 8 heteroatoms. The van der Waals surface area contributed by atoms with Crippen LogP contribution in [0.1, 0.15) is 25.7 Å². The van der Waals surface area contributed by atoms with Crippen molar-refractivity contribution in [1.29, 1.82) is 0 Å². The van der Waals surface area contributed by atoms with Crippen LogP contribution in [0.3, 0.4) is 0 Å². The quantitative estimate of drug-likeness (QED) is 0.823. The molecule has 4 rings (SSSR count). The third-order valence-electron chi connectivity index (χ3n) is 5.00. The van der Waals surface area contributed by atoms with E-state index in [0.717, 1.165) is 44.6 Å². The summed E-state index contributed by atoms with van der Waals surface area (Å²) >= 11 is 0. The summed E-state index contributed by atoms with van der Waals surface area (Å²) < 4.78 is 5.38. The van der Waals surface area contributed by atoms with Gasteiger partial charge < -0.3 is 9.84 Å². The van der Waals surface area contributed by atoms with E-state index >= 15 is 0 Å². The normalized spacial score (nSPS) is 20.0. The zero-order chi connectivity index (χ0) is 17.9. The first kappa shape index (κ1) is 17.1. The van der Waals surface area contributed by atoms with E-state index in [1.165, 1.54) is 0 Å². The van der Waals surface area contributed by atoms with E-state index in [9.17, 15) is 4.79 Å². The number of nitrogens with one attached hydrogen (secondary N) is 1. The third-order valence-corrected chi connectivity index (χ3v) is 5.00. The van der Waals surface area contributed by atoms with Crippen molar-refractivity contribution in [3.63, 3.8) is 0 Å². The van der Waals surface area contributed by atoms with Gasteiger partial charge in [-0.05, 0) is 31.9 Å². The van der Waals surface area contributed by atoms with Crippen molar-refractivity contribution in [2.24, 2.45) is 0 Å². The van der Waals surface area contributed by atoms with Crippen molar-refractivity contribution >= 4 is 5.91 Å². The van der Waals surface area contributed by atoms with Gasteiger partial charge in [-0.3, -0.25) is 19.6 Å². The smallest absolute Gasteiger partial charge is 0.241 e. The number of hydrogen-bond donors (Lipinski definition) is 1. The number of hydrogen-bond acceptors (Lipinski definition) is 7. The van der Waals surface area contributed by atoms with Crippen molar-refractivity contribution in [3.8, 4) is 11.4 Å². The molecule has 1 unspecified atom stereocenters. The van der Waals surface area contributed by atoms with E-state index in [1.807, 2.05) is 19.1 Å². The van der Waals surface area contributed by atoms with Crippen LogP contribution >= 0.6 is 0 Å². The molecule has 0 aromatic carbocycles. The predicted molar refractivity (Wildman–Crippen MR) is 95.0 cm³/mol. The Hall–Kier alpha value is -2.32. The van der Waals surface area contributed by atoms with Gasteiger partial charge in [0.25, 0.3) is 0 Å². The molecule has 2 aromatic rings. The highest BCUT2D eigenvalue weighted by atomic mass is 16.5. The van der Waals surface area contributed by atoms with Gasteiger partial charge in [0.1, 0.15) is 0 Å². The van der Waals surface area contributed by atoms with Crippen LogP contribution in [0.4, 0.5) is 0 Å². The zero-order valence-corrected chi connectivity index (χ0v) is 15.0. The molecule has 1 atom stereocenters. The van der Waals surface area contributed by atoms with E-state index in [2.05, 4.69) is 30.2 Å². The summed E-state index contributed by atoms with van der Waals surface area (Å²) in [4.78, 5) is 25.3. The largest absolute Gasteiger partial charge is 0.352 e. The molecule has 3 heterocycles. The molecule has 0 bridgehead atoms. The number of amides is 1. The molecular weight excluding hydrogens is 332 g/mol. The van der Waals surface area contributed by atoms with Crippen LogP contribution in [0, 0.1) is 0 Å². The van der Waals surface area contributed by atoms with Crippen LogP contribution < -0.4 is 5.32 Å². The Labute approximate surface area is 152 Å². The minimum Gasteiger partial charge on any atom is -0.352 e. The maximum Gasteiger partial charge on any atom is 0.241 e. The maximum absolute atomic E-state index is 12.2. The lowest BCUT2D eigenvalue weighted by Gasteiger charge is -2.36. The Balaban J connectivity index is 1.27. The van der Waals surface area contributed by atoms with Crippen molar-refractivity contribution < 1.29 is 9.32 Å². The Morgan fingerprint density at radius 2 is 2.15 bits per heavy atom. The van der Waals surface area contributed by atoms with Crippen molar-refractivity contribution in [3.05, 3.63) is 30.4 Å². The van der Waals surface area contributed by atoms with Crippen molar-refractivity contribution in [1.82, 2.24) is 30.2 Å². The number of piperazine rings is 1. The zero-order valence-electron chi connectivity index (χ0n) is 15.0. The monoisotopic (exact) mass is 356 g/mol. The molecule has 1 aliphatic heterocycles. The van der Waals surface area contributed by atoms with Crippen LogP contribution in [0.5, 0.6) is 0 Å². The van der Waals surface area contributed by atoms with Gasteiger partial charge in [-0.25, -0.2) is 0 Å². The molecule has 2 fully saturated rings. The fraction of sp³-hybridized carbons (Fsp3) is 0.556. The lowest BCUT2D eigenvalue weighted by Crippen LogP contribution is -2.53. The number of pyridine rings is 1. The molecule has 1 saturated carbocycles. The predicted octanol–water partition coefficient (Wildman–Crippen LogP) is 0.916. The fourth-order valence-electron chi connectivity index (χ4n) is 3.15. The number of nitrogens with zero attached hydrogens (tertiary/aromatic N) is 5. The highest BCUT2D eigenvalue weighted by Gasteiger charge is 2.30. The molecule has 138 valence electrons. The van der Waals surface area contributed by atoms with Gasteiger partial charge in [-0.1, -0.05) is 5.16 Å². The SMILES string of the molecule is CC(C(=O)NC1CC1)N1CCN(Cc2nc(-c3cccnc3)no2)CC1. The summed E-state index contributed by atoms with van der Waals surface area (Å²) in [5.74, 6) is 1.33. The van der Waals surface area contributed by atoms with Crippen LogP contribution in [-0.2, 0) is 11.3 Å². The van der Waals surface area contributed by atoms with E-state index in [0.29, 0.717) is 24.3 Å². The topological polar surface area (TPSA) is 87.4 Å². The molecule has 8 nitrogen and oxygen atoms in total. The number of carbonyl (C=O) groups excluding carboxylic acids is 1. The first-order valence-electron chi connectivity index (χ1n) is 9.19. The van der Waals surface area contributed by atoms with E-state index in [-0.39, 0.29) is 11.9 Å². The first-order chi connectivity index (χ1) is 12.7. The second kappa shape index (κ2) is 7.51. The highest BCUT2D eigenvalue weighted by Crippen LogP contribution is 2.19. The number of carbonyl (C=O) groups is 1. The van der Waals surface area contributed by atoms with Crippen LogP contribution in [0.2, 0.25) is 0 Å². The molecule has 1 amide bonds. The minimum absolute atomic E-state index is 0.0710. The van der Waals surface area contributed by atoms with Gasteiger partial charge in [-0.15, -0.1) is 0 Å². The van der Waals surface area contributed by atoms with Crippen LogP contribution in [0.15, 0.2) is 29.0 Å². The van der Waals surface area contributed by atoms with Gasteiger partial charge in [0.2, 0.25) is 17.6 Å². The number of aromatic nitrogens is 3. The summed E-state index contributed by atoms with van der Waals surface area (Å²) in [6.45, 7) is 6.11. The molecule has 1 aliphatic carbocycles. The molecule has 1 N–H and O–H groups in total. The minimum atomic E-state index is -0.0710. The van der Waals surface area contributed by atoms with E-state index < -0.39 is 0 Å². The second-order valence-corrected chi connectivity index (χ2v) is 7.02. The van der Waals surface area contributed by atoms with Gasteiger partial charge in [0.05, 0.1) is 12.6 Å². The molecule has 2 aliphatic rings. The van der Waals surface area contributed by atoms with E-state index in [1.54, 1.807) is 12.4 Å². The Morgan fingerprint density at radius 3 is 2.85 bits per heavy atom. The second-order valence-electron chi connectivity index (χ2n) is 7.02. The van der Waals surface area contributed by atoms with Gasteiger partial charge in [0.15, 0.2) is 0 Å². The lowest BCUT2D eigenvalue weighted by atomic mass is 10.2. The van der Waals surface area contributed by atoms with Crippen LogP contribution in [0.25, 0.3) is 11.4 Å². The lowest BCUT2D eigenvalue weighted by molar-refractivity contribution is -0.126. The number of rotatable bonds is 6. The van der Waals surface area contributed by atoms with Gasteiger partial charge in [-0.2, -0.15) is 4.98 Å². The molecule has 0 spiro atoms. The fourth-order valence-corrected chi connectivity index (χ4v) is 3.15. The summed E-state index contributed by atoms with van der Waals surface area (Å²) in [6, 6.07) is 4.11. The molecule has 2 aromatic heterocycles. The Bertz CT molecular complexity index is 737. The van der Waals surface area contributed by atoms with Crippen molar-refractivity contribution in [2.45, 2.75) is 38.4 Å². The maximum atomic E-state index is 12.2. The molecule has 1 saturated heterocycles. The third kappa shape index (κ3) is 4.08. The first-order valence-corrected chi connectivity index (χ1v) is 9.19.